The Morgan fingerprint density at radius 3 is 2.65 bits per heavy atom. The molecule has 0 saturated carbocycles. The first-order valence-corrected chi connectivity index (χ1v) is 6.19. The monoisotopic (exact) mass is 276 g/mol. The molecule has 0 aliphatic heterocycles. The second-order valence-corrected chi connectivity index (χ2v) is 4.41. The van der Waals surface area contributed by atoms with Gasteiger partial charge in [-0.3, -0.25) is 9.48 Å². The van der Waals surface area contributed by atoms with E-state index in [-0.39, 0.29) is 5.69 Å². The summed E-state index contributed by atoms with van der Waals surface area (Å²) in [6, 6.07) is 0. The Morgan fingerprint density at radius 1 is 1.35 bits per heavy atom. The number of esters is 1. The molecule has 0 fully saturated rings. The van der Waals surface area contributed by atoms with E-state index in [1.807, 2.05) is 6.92 Å². The van der Waals surface area contributed by atoms with Crippen molar-refractivity contribution in [3.8, 4) is 5.69 Å². The topological polar surface area (TPSA) is 79.0 Å². The van der Waals surface area contributed by atoms with Gasteiger partial charge >= 0.3 is 5.97 Å². The molecule has 0 aliphatic rings. The zero-order chi connectivity index (χ0) is 14.9. The molecule has 0 saturated heterocycles. The molecule has 7 heteroatoms. The lowest BCUT2D eigenvalue weighted by atomic mass is 10.2. The van der Waals surface area contributed by atoms with E-state index in [1.54, 1.807) is 31.0 Å². The van der Waals surface area contributed by atoms with Crippen molar-refractivity contribution in [2.75, 3.05) is 7.11 Å². The van der Waals surface area contributed by atoms with Crippen LogP contribution in [0.5, 0.6) is 0 Å². The minimum absolute atomic E-state index is 0.224. The van der Waals surface area contributed by atoms with Gasteiger partial charge in [0.1, 0.15) is 5.69 Å². The molecule has 2 rings (SSSR count). The van der Waals surface area contributed by atoms with Crippen molar-refractivity contribution in [1.29, 1.82) is 0 Å². The second kappa shape index (κ2) is 5.28. The summed E-state index contributed by atoms with van der Waals surface area (Å²) in [6.07, 6.45) is 4.10. The minimum Gasteiger partial charge on any atom is -0.464 e. The molecule has 0 amide bonds. The number of carbonyl (C=O) groups excluding carboxylic acids is 1. The fourth-order valence-corrected chi connectivity index (χ4v) is 1.93. The van der Waals surface area contributed by atoms with Crippen LogP contribution < -0.4 is 5.43 Å². The Hall–Kier alpha value is -2.44. The van der Waals surface area contributed by atoms with Gasteiger partial charge in [0.2, 0.25) is 11.1 Å². The number of rotatable bonds is 3. The van der Waals surface area contributed by atoms with Crippen molar-refractivity contribution in [3.05, 3.63) is 39.6 Å². The molecule has 7 nitrogen and oxygen atoms in total. The van der Waals surface area contributed by atoms with Crippen LogP contribution in [0.15, 0.2) is 17.2 Å². The Morgan fingerprint density at radius 2 is 2.05 bits per heavy atom. The van der Waals surface area contributed by atoms with E-state index in [9.17, 15) is 9.59 Å². The van der Waals surface area contributed by atoms with Crippen LogP contribution in [-0.2, 0) is 18.2 Å². The summed E-state index contributed by atoms with van der Waals surface area (Å²) in [6.45, 7) is 3.61. The SMILES string of the molecule is CCc1nn(C)cc1-n1cc(C)c(=O)c(C(=O)OC)n1. The summed E-state index contributed by atoms with van der Waals surface area (Å²) in [5, 5.41) is 8.39. The van der Waals surface area contributed by atoms with Gasteiger partial charge in [-0.05, 0) is 13.3 Å². The molecule has 106 valence electrons. The van der Waals surface area contributed by atoms with Gasteiger partial charge < -0.3 is 4.74 Å². The van der Waals surface area contributed by atoms with Crippen molar-refractivity contribution in [1.82, 2.24) is 19.6 Å². The molecule has 0 bridgehead atoms. The van der Waals surface area contributed by atoms with Crippen molar-refractivity contribution < 1.29 is 9.53 Å². The average molecular weight is 276 g/mol. The van der Waals surface area contributed by atoms with Crippen LogP contribution in [0, 0.1) is 6.92 Å². The van der Waals surface area contributed by atoms with E-state index in [4.69, 9.17) is 0 Å². The summed E-state index contributed by atoms with van der Waals surface area (Å²) >= 11 is 0. The van der Waals surface area contributed by atoms with Gasteiger partial charge in [0.05, 0.1) is 19.0 Å². The van der Waals surface area contributed by atoms with Crippen LogP contribution in [0.4, 0.5) is 0 Å². The van der Waals surface area contributed by atoms with Gasteiger partial charge in [-0.15, -0.1) is 0 Å². The summed E-state index contributed by atoms with van der Waals surface area (Å²) in [4.78, 5) is 23.5. The second-order valence-electron chi connectivity index (χ2n) is 4.41. The molecule has 0 atom stereocenters. The van der Waals surface area contributed by atoms with Crippen molar-refractivity contribution in [3.63, 3.8) is 0 Å². The van der Waals surface area contributed by atoms with Gasteiger partial charge in [-0.1, -0.05) is 6.92 Å². The largest absolute Gasteiger partial charge is 0.464 e. The Balaban J connectivity index is 2.66. The van der Waals surface area contributed by atoms with Crippen LogP contribution in [-0.4, -0.2) is 32.6 Å². The summed E-state index contributed by atoms with van der Waals surface area (Å²) in [5.41, 5.74) is 1.35. The molecule has 2 heterocycles. The third kappa shape index (κ3) is 2.34. The number of methoxy groups -OCH3 is 1. The van der Waals surface area contributed by atoms with Crippen LogP contribution in [0.1, 0.15) is 28.7 Å². The van der Waals surface area contributed by atoms with E-state index in [2.05, 4.69) is 14.9 Å². The summed E-state index contributed by atoms with van der Waals surface area (Å²) in [5.74, 6) is -0.741. The fourth-order valence-electron chi connectivity index (χ4n) is 1.93. The standard InChI is InChI=1S/C13H16N4O3/c1-5-9-10(7-16(3)14-9)17-6-8(2)12(18)11(15-17)13(19)20-4/h6-7H,5H2,1-4H3. The van der Waals surface area contributed by atoms with Crippen LogP contribution in [0.3, 0.4) is 0 Å². The first-order valence-electron chi connectivity index (χ1n) is 6.19. The Kier molecular flexibility index (Phi) is 3.69. The van der Waals surface area contributed by atoms with E-state index in [0.29, 0.717) is 5.56 Å². The molecule has 2 aromatic heterocycles. The lowest BCUT2D eigenvalue weighted by molar-refractivity contribution is 0.0590. The number of aromatic nitrogens is 4. The van der Waals surface area contributed by atoms with E-state index < -0.39 is 11.4 Å². The maximum atomic E-state index is 11.9. The van der Waals surface area contributed by atoms with Crippen LogP contribution in [0.2, 0.25) is 0 Å². The summed E-state index contributed by atoms with van der Waals surface area (Å²) in [7, 11) is 3.02. The molecule has 2 aromatic rings. The zero-order valence-corrected chi connectivity index (χ0v) is 11.9. The third-order valence-corrected chi connectivity index (χ3v) is 2.94. The molecule has 0 radical (unpaired) electrons. The van der Waals surface area contributed by atoms with Crippen molar-refractivity contribution in [2.45, 2.75) is 20.3 Å². The minimum atomic E-state index is -0.741. The first-order chi connectivity index (χ1) is 9.47. The fraction of sp³-hybridized carbons (Fsp3) is 0.385. The highest BCUT2D eigenvalue weighted by Crippen LogP contribution is 2.12. The van der Waals surface area contributed by atoms with Gasteiger partial charge in [0.25, 0.3) is 0 Å². The van der Waals surface area contributed by atoms with E-state index >= 15 is 0 Å². The molecule has 0 spiro atoms. The zero-order valence-electron chi connectivity index (χ0n) is 11.9. The number of carbonyl (C=O) groups is 1. The van der Waals surface area contributed by atoms with Gasteiger partial charge in [0.15, 0.2) is 0 Å². The smallest absolute Gasteiger partial charge is 0.362 e. The molecule has 0 unspecified atom stereocenters. The van der Waals surface area contributed by atoms with E-state index in [0.717, 1.165) is 17.8 Å². The predicted octanol–water partition coefficient (Wildman–Crippen LogP) is 0.623. The van der Waals surface area contributed by atoms with Gasteiger partial charge in [-0.25, -0.2) is 9.48 Å². The van der Waals surface area contributed by atoms with Crippen molar-refractivity contribution >= 4 is 5.97 Å². The lowest BCUT2D eigenvalue weighted by Gasteiger charge is -2.07. The highest BCUT2D eigenvalue weighted by atomic mass is 16.5. The first kappa shape index (κ1) is 14.0. The number of aryl methyl sites for hydroxylation is 3. The highest BCUT2D eigenvalue weighted by molar-refractivity contribution is 5.87. The van der Waals surface area contributed by atoms with Crippen LogP contribution in [0.25, 0.3) is 5.69 Å². The molecule has 20 heavy (non-hydrogen) atoms. The highest BCUT2D eigenvalue weighted by Gasteiger charge is 2.17. The molecular weight excluding hydrogens is 260 g/mol. The van der Waals surface area contributed by atoms with Crippen LogP contribution >= 0.6 is 0 Å². The predicted molar refractivity (Wildman–Crippen MR) is 72.1 cm³/mol. The number of hydrogen-bond donors (Lipinski definition) is 0. The Bertz CT molecular complexity index is 715. The van der Waals surface area contributed by atoms with Crippen molar-refractivity contribution in [2.24, 2.45) is 7.05 Å². The number of hydrogen-bond acceptors (Lipinski definition) is 5. The van der Waals surface area contributed by atoms with Gasteiger partial charge in [0, 0.05) is 18.8 Å². The lowest BCUT2D eigenvalue weighted by Crippen LogP contribution is -2.24. The summed E-state index contributed by atoms with van der Waals surface area (Å²) < 4.78 is 7.75. The average Bonchev–Trinajstić information content (AvgIpc) is 2.82. The maximum Gasteiger partial charge on any atom is 0.362 e. The normalized spacial score (nSPS) is 10.6. The number of ether oxygens (including phenoxy) is 1. The van der Waals surface area contributed by atoms with Gasteiger partial charge in [-0.2, -0.15) is 10.2 Å². The Labute approximate surface area is 115 Å². The molecule has 0 aromatic carbocycles. The molecule has 0 N–H and O–H groups in total. The third-order valence-electron chi connectivity index (χ3n) is 2.94. The molecular formula is C13H16N4O3. The maximum absolute atomic E-state index is 11.9. The molecule has 0 aliphatic carbocycles. The van der Waals surface area contributed by atoms with E-state index in [1.165, 1.54) is 11.8 Å². The number of nitrogens with zero attached hydrogens (tertiary/aromatic N) is 4. The quantitative estimate of drug-likeness (QED) is 0.768.